The van der Waals surface area contributed by atoms with Crippen LogP contribution in [-0.2, 0) is 38.7 Å². The van der Waals surface area contributed by atoms with Gasteiger partial charge in [0.15, 0.2) is 11.5 Å². The summed E-state index contributed by atoms with van der Waals surface area (Å²) in [6.07, 6.45) is 6.33. The molecule has 0 spiro atoms. The molecule has 3 aromatic rings. The Bertz CT molecular complexity index is 1760. The first-order valence-corrected chi connectivity index (χ1v) is 19.0. The summed E-state index contributed by atoms with van der Waals surface area (Å²) in [5.74, 6) is -1.98. The van der Waals surface area contributed by atoms with E-state index >= 15 is 0 Å². The highest BCUT2D eigenvalue weighted by Crippen LogP contribution is 2.32. The van der Waals surface area contributed by atoms with Crippen LogP contribution in [-0.4, -0.2) is 94.1 Å². The molecule has 0 saturated heterocycles. The van der Waals surface area contributed by atoms with Crippen molar-refractivity contribution in [2.75, 3.05) is 20.3 Å². The number of aryl methyl sites for hydroxylation is 1. The normalized spacial score (nSPS) is 22.2. The topological polar surface area (TPSA) is 215 Å². The van der Waals surface area contributed by atoms with Gasteiger partial charge >= 0.3 is 0 Å². The Morgan fingerprint density at radius 2 is 1.65 bits per heavy atom. The number of aromatic nitrogens is 3. The lowest BCUT2D eigenvalue weighted by molar-refractivity contribution is -0.134. The van der Waals surface area contributed by atoms with E-state index in [0.29, 0.717) is 30.8 Å². The highest BCUT2D eigenvalue weighted by atomic mass is 16.5. The molecule has 5 rings (SSSR count). The molecule has 16 nitrogen and oxygen atoms in total. The lowest BCUT2D eigenvalue weighted by atomic mass is 9.84. The quantitative estimate of drug-likeness (QED) is 0.213. The van der Waals surface area contributed by atoms with E-state index in [9.17, 15) is 29.1 Å². The molecule has 55 heavy (non-hydrogen) atoms. The number of hydrogen-bond acceptors (Lipinski definition) is 10. The first-order valence-electron chi connectivity index (χ1n) is 19.0. The number of ether oxygens (including phenoxy) is 2. The zero-order chi connectivity index (χ0) is 39.2. The van der Waals surface area contributed by atoms with Crippen LogP contribution >= 0.6 is 0 Å². The number of rotatable bonds is 6. The van der Waals surface area contributed by atoms with Crippen molar-refractivity contribution in [2.24, 2.45) is 5.92 Å². The van der Waals surface area contributed by atoms with Crippen LogP contribution in [0.1, 0.15) is 79.9 Å². The number of hydrogen-bond donors (Lipinski definition) is 6. The molecule has 1 saturated carbocycles. The Hall–Kier alpha value is -5.51. The van der Waals surface area contributed by atoms with Crippen molar-refractivity contribution in [2.45, 2.75) is 102 Å². The largest absolute Gasteiger partial charge is 0.493 e. The van der Waals surface area contributed by atoms with E-state index in [1.807, 2.05) is 30.3 Å². The summed E-state index contributed by atoms with van der Waals surface area (Å²) in [6.45, 7) is 1.92. The average Bonchev–Trinajstić information content (AvgIpc) is 3.64. The van der Waals surface area contributed by atoms with Crippen LogP contribution in [0.15, 0.2) is 54.7 Å². The number of carbonyl (C=O) groups is 5. The van der Waals surface area contributed by atoms with Crippen molar-refractivity contribution >= 4 is 29.5 Å². The number of benzene rings is 2. The van der Waals surface area contributed by atoms with Gasteiger partial charge in [-0.25, -0.2) is 0 Å². The maximum Gasteiger partial charge on any atom is 0.255 e. The van der Waals surface area contributed by atoms with Crippen molar-refractivity contribution in [3.8, 4) is 11.5 Å². The van der Waals surface area contributed by atoms with Gasteiger partial charge in [0.2, 0.25) is 23.6 Å². The fourth-order valence-corrected chi connectivity index (χ4v) is 6.85. The van der Waals surface area contributed by atoms with Crippen molar-refractivity contribution in [3.05, 3.63) is 71.5 Å². The highest BCUT2D eigenvalue weighted by Gasteiger charge is 2.31. The third-order valence-electron chi connectivity index (χ3n) is 9.82. The van der Waals surface area contributed by atoms with Gasteiger partial charge < -0.3 is 41.2 Å². The van der Waals surface area contributed by atoms with Crippen LogP contribution in [0.4, 0.5) is 0 Å². The third kappa shape index (κ3) is 12.0. The summed E-state index contributed by atoms with van der Waals surface area (Å²) >= 11 is 0. The standard InChI is InChI=1S/C39H52N8O8/c1-25(48)34-39(53)43-31(22-27-13-7-4-8-14-27)38(52)41-23-28-24-47(46-45-28)19-10-20-55-35-29(15-9-16-32(35)54-2)36(50)42-30(21-26-11-5-3-6-12-26)37(51)40-18-17-33(49)44-34/h4,7-9,13-16,24-26,30-31,34,48H,3,5-6,10-12,17-23H2,1-2H3,(H,40,51)(H,41,52)(H,42,50)(H,43,53)(H,44,49)/t25-,30+,31-,34+/m1/s1. The molecule has 2 aromatic carbocycles. The molecule has 1 aliphatic heterocycles. The summed E-state index contributed by atoms with van der Waals surface area (Å²) in [5, 5.41) is 32.6. The predicted molar refractivity (Wildman–Crippen MR) is 201 cm³/mol. The molecule has 1 fully saturated rings. The van der Waals surface area contributed by atoms with Crippen molar-refractivity contribution in [1.82, 2.24) is 41.6 Å². The fourth-order valence-electron chi connectivity index (χ4n) is 6.85. The van der Waals surface area contributed by atoms with Crippen molar-refractivity contribution in [3.63, 3.8) is 0 Å². The van der Waals surface area contributed by atoms with E-state index in [1.54, 1.807) is 29.1 Å². The molecule has 5 amide bonds. The van der Waals surface area contributed by atoms with Gasteiger partial charge in [0.25, 0.3) is 5.91 Å². The Labute approximate surface area is 320 Å². The van der Waals surface area contributed by atoms with Gasteiger partial charge in [-0.3, -0.25) is 28.7 Å². The Balaban J connectivity index is 1.38. The molecule has 0 unspecified atom stereocenters. The zero-order valence-corrected chi connectivity index (χ0v) is 31.4. The number of aliphatic hydroxyl groups is 1. The summed E-state index contributed by atoms with van der Waals surface area (Å²) in [5.41, 5.74) is 1.47. The second kappa shape index (κ2) is 20.2. The second-order valence-electron chi connectivity index (χ2n) is 14.1. The predicted octanol–water partition coefficient (Wildman–Crippen LogP) is 1.55. The second-order valence-corrected chi connectivity index (χ2v) is 14.1. The van der Waals surface area contributed by atoms with Crippen LogP contribution in [0.2, 0.25) is 0 Å². The molecule has 1 aliphatic carbocycles. The average molecular weight is 761 g/mol. The summed E-state index contributed by atoms with van der Waals surface area (Å²) in [7, 11) is 1.48. The van der Waals surface area contributed by atoms with E-state index in [1.165, 1.54) is 14.0 Å². The maximum atomic E-state index is 13.8. The Morgan fingerprint density at radius 1 is 0.891 bits per heavy atom. The minimum atomic E-state index is -1.39. The minimum absolute atomic E-state index is 0.0280. The van der Waals surface area contributed by atoms with Crippen LogP contribution in [0, 0.1) is 5.92 Å². The van der Waals surface area contributed by atoms with E-state index in [4.69, 9.17) is 9.47 Å². The van der Waals surface area contributed by atoms with Gasteiger partial charge in [-0.2, -0.15) is 0 Å². The third-order valence-corrected chi connectivity index (χ3v) is 9.82. The van der Waals surface area contributed by atoms with Gasteiger partial charge in [0.05, 0.1) is 38.1 Å². The smallest absolute Gasteiger partial charge is 0.255 e. The molecule has 1 aromatic heterocycles. The first kappa shape index (κ1) is 40.7. The van der Waals surface area contributed by atoms with Crippen molar-refractivity contribution < 1.29 is 38.6 Å². The van der Waals surface area contributed by atoms with Crippen molar-refractivity contribution in [1.29, 1.82) is 0 Å². The lowest BCUT2D eigenvalue weighted by Gasteiger charge is -2.27. The molecule has 16 heteroatoms. The number of amides is 5. The molecular weight excluding hydrogens is 708 g/mol. The van der Waals surface area contributed by atoms with E-state index in [0.717, 1.165) is 37.7 Å². The number of fused-ring (bicyclic) bond motifs is 3. The Kier molecular flexibility index (Phi) is 15.0. The van der Waals surface area contributed by atoms with Crippen LogP contribution in [0.25, 0.3) is 0 Å². The van der Waals surface area contributed by atoms with Gasteiger partial charge in [-0.1, -0.05) is 73.7 Å². The van der Waals surface area contributed by atoms with Gasteiger partial charge in [-0.15, -0.1) is 5.10 Å². The van der Waals surface area contributed by atoms with Gasteiger partial charge in [0, 0.05) is 32.4 Å². The number of methoxy groups -OCH3 is 1. The molecule has 4 atom stereocenters. The highest BCUT2D eigenvalue weighted by molar-refractivity contribution is 6.00. The van der Waals surface area contributed by atoms with Crippen LogP contribution in [0.5, 0.6) is 11.5 Å². The lowest BCUT2D eigenvalue weighted by Crippen LogP contribution is -2.57. The SMILES string of the molecule is COc1cccc2c1OCCCn1cc(nn1)CNC(=O)[C@@H](Cc1ccccc1)NC(=O)[C@H]([C@@H](C)O)NC(=O)CCNC(=O)[C@H](CC1CCCCC1)NC2=O. The zero-order valence-electron chi connectivity index (χ0n) is 31.4. The monoisotopic (exact) mass is 760 g/mol. The summed E-state index contributed by atoms with van der Waals surface area (Å²) < 4.78 is 13.2. The first-order chi connectivity index (χ1) is 26.6. The molecule has 2 heterocycles. The number of aliphatic hydroxyl groups excluding tert-OH is 1. The molecule has 2 aliphatic rings. The minimum Gasteiger partial charge on any atom is -0.493 e. The van der Waals surface area contributed by atoms with Crippen LogP contribution in [0.3, 0.4) is 0 Å². The maximum absolute atomic E-state index is 13.8. The molecule has 6 N–H and O–H groups in total. The molecule has 0 radical (unpaired) electrons. The Morgan fingerprint density at radius 3 is 2.40 bits per heavy atom. The van der Waals surface area contributed by atoms with Gasteiger partial charge in [-0.05, 0) is 37.0 Å². The van der Waals surface area contributed by atoms with Gasteiger partial charge in [0.1, 0.15) is 23.8 Å². The molecule has 296 valence electrons. The summed E-state index contributed by atoms with van der Waals surface area (Å²) in [6, 6.07) is 10.8. The van der Waals surface area contributed by atoms with E-state index < -0.39 is 53.8 Å². The molecule has 2 bridgehead atoms. The number of para-hydroxylation sites is 1. The molecular formula is C39H52N8O8. The number of carbonyl (C=O) groups excluding carboxylic acids is 5. The van der Waals surface area contributed by atoms with Crippen LogP contribution < -0.4 is 36.1 Å². The summed E-state index contributed by atoms with van der Waals surface area (Å²) in [4.78, 5) is 67.5. The number of nitrogens with one attached hydrogen (secondary N) is 5. The fraction of sp³-hybridized carbons (Fsp3) is 0.513. The van der Waals surface area contributed by atoms with E-state index in [2.05, 4.69) is 36.9 Å². The van der Waals surface area contributed by atoms with E-state index in [-0.39, 0.29) is 49.8 Å². The number of nitrogens with zero attached hydrogens (tertiary/aromatic N) is 3.